The van der Waals surface area contributed by atoms with Gasteiger partial charge < -0.3 is 0 Å². The minimum atomic E-state index is -2.16. The number of carbonyl (C=O) groups excluding carboxylic acids is 1. The zero-order chi connectivity index (χ0) is 19.9. The van der Waals surface area contributed by atoms with Crippen molar-refractivity contribution in [1.29, 1.82) is 0 Å². The molecule has 0 amide bonds. The molecule has 0 heterocycles. The third-order valence-corrected chi connectivity index (χ3v) is 6.65. The van der Waals surface area contributed by atoms with E-state index in [0.29, 0.717) is 18.1 Å². The first-order chi connectivity index (χ1) is 12.9. The second-order valence-corrected chi connectivity index (χ2v) is 8.69. The molecule has 0 N–H and O–H groups in total. The minimum absolute atomic E-state index is 0.0152. The molecule has 1 atom stereocenters. The standard InChI is InChI=1S/C15H24F2O.C9H12/c1-11-5-8-15(14(11)18)9-6-12(7-10-15)3-2-4-13(16)17;1-3-9-6-4-8(2)5-7-9/h11-13H,2-10H2,1H3;4-7H,3H2,1-2H3. The lowest BCUT2D eigenvalue weighted by molar-refractivity contribution is -0.130. The van der Waals surface area contributed by atoms with E-state index in [-0.39, 0.29) is 17.8 Å². The van der Waals surface area contributed by atoms with Crippen LogP contribution in [0.2, 0.25) is 0 Å². The molecule has 0 bridgehead atoms. The van der Waals surface area contributed by atoms with Crippen LogP contribution in [-0.4, -0.2) is 12.2 Å². The number of ketones is 1. The van der Waals surface area contributed by atoms with Gasteiger partial charge in [0.15, 0.2) is 0 Å². The first-order valence-corrected chi connectivity index (χ1v) is 10.7. The zero-order valence-electron chi connectivity index (χ0n) is 17.3. The van der Waals surface area contributed by atoms with E-state index in [4.69, 9.17) is 0 Å². The summed E-state index contributed by atoms with van der Waals surface area (Å²) in [6.45, 7) is 6.33. The third-order valence-electron chi connectivity index (χ3n) is 6.65. The average molecular weight is 379 g/mol. The van der Waals surface area contributed by atoms with Crippen molar-refractivity contribution >= 4 is 5.78 Å². The van der Waals surface area contributed by atoms with E-state index in [1.54, 1.807) is 0 Å². The van der Waals surface area contributed by atoms with Crippen molar-refractivity contribution in [2.75, 3.05) is 0 Å². The van der Waals surface area contributed by atoms with Gasteiger partial charge in [0, 0.05) is 17.8 Å². The summed E-state index contributed by atoms with van der Waals surface area (Å²) in [5.41, 5.74) is 2.74. The van der Waals surface area contributed by atoms with E-state index in [1.807, 2.05) is 6.92 Å². The van der Waals surface area contributed by atoms with Gasteiger partial charge in [-0.15, -0.1) is 0 Å². The van der Waals surface area contributed by atoms with Gasteiger partial charge in [-0.1, -0.05) is 50.1 Å². The fourth-order valence-electron chi connectivity index (χ4n) is 4.67. The first-order valence-electron chi connectivity index (χ1n) is 10.7. The quantitative estimate of drug-likeness (QED) is 0.531. The number of halogens is 2. The van der Waals surface area contributed by atoms with Gasteiger partial charge in [0.1, 0.15) is 5.78 Å². The van der Waals surface area contributed by atoms with E-state index < -0.39 is 6.43 Å². The third kappa shape index (κ3) is 6.40. The smallest absolute Gasteiger partial charge is 0.238 e. The number of rotatable bonds is 5. The molecule has 152 valence electrons. The van der Waals surface area contributed by atoms with E-state index in [1.165, 1.54) is 11.1 Å². The molecule has 3 rings (SSSR count). The van der Waals surface area contributed by atoms with Crippen LogP contribution in [0.3, 0.4) is 0 Å². The van der Waals surface area contributed by atoms with Gasteiger partial charge in [-0.3, -0.25) is 4.79 Å². The molecule has 2 aliphatic rings. The van der Waals surface area contributed by atoms with Crippen molar-refractivity contribution < 1.29 is 13.6 Å². The van der Waals surface area contributed by atoms with Crippen molar-refractivity contribution in [2.45, 2.75) is 91.4 Å². The monoisotopic (exact) mass is 378 g/mol. The van der Waals surface area contributed by atoms with E-state index in [0.717, 1.165) is 51.4 Å². The lowest BCUT2D eigenvalue weighted by Gasteiger charge is -2.36. The lowest BCUT2D eigenvalue weighted by atomic mass is 9.67. The highest BCUT2D eigenvalue weighted by Gasteiger charge is 2.47. The van der Waals surface area contributed by atoms with Crippen molar-refractivity contribution in [3.05, 3.63) is 35.4 Å². The van der Waals surface area contributed by atoms with E-state index in [2.05, 4.69) is 38.1 Å². The lowest BCUT2D eigenvalue weighted by Crippen LogP contribution is -2.32. The Kier molecular flexibility index (Phi) is 8.44. The number of hydrogen-bond donors (Lipinski definition) is 0. The number of alkyl halides is 2. The number of hydrogen-bond acceptors (Lipinski definition) is 1. The fraction of sp³-hybridized carbons (Fsp3) is 0.708. The number of Topliss-reactive ketones (excluding diaryl/α,β-unsaturated/α-hetero) is 1. The van der Waals surface area contributed by atoms with Gasteiger partial charge in [0.25, 0.3) is 0 Å². The van der Waals surface area contributed by atoms with Crippen molar-refractivity contribution in [2.24, 2.45) is 17.3 Å². The highest BCUT2D eigenvalue weighted by Crippen LogP contribution is 2.50. The summed E-state index contributed by atoms with van der Waals surface area (Å²) in [5, 5.41) is 0. The molecule has 2 aliphatic carbocycles. The van der Waals surface area contributed by atoms with E-state index in [9.17, 15) is 13.6 Å². The van der Waals surface area contributed by atoms with Gasteiger partial charge in [-0.05, 0) is 69.8 Å². The molecule has 3 heteroatoms. The maximum Gasteiger partial charge on any atom is 0.238 e. The maximum atomic E-state index is 12.2. The molecule has 0 aromatic heterocycles. The van der Waals surface area contributed by atoms with Gasteiger partial charge in [0.2, 0.25) is 6.43 Å². The SMILES string of the molecule is CC1CCC2(CCC(CCCC(F)F)CC2)C1=O.CCc1ccc(C)cc1. The summed E-state index contributed by atoms with van der Waals surface area (Å²) in [5.74, 6) is 1.31. The first kappa shape index (κ1) is 22.0. The largest absolute Gasteiger partial charge is 0.299 e. The van der Waals surface area contributed by atoms with Crippen LogP contribution >= 0.6 is 0 Å². The number of benzene rings is 1. The molecule has 2 saturated carbocycles. The van der Waals surface area contributed by atoms with Crippen LogP contribution in [0.1, 0.15) is 82.8 Å². The van der Waals surface area contributed by atoms with E-state index >= 15 is 0 Å². The van der Waals surface area contributed by atoms with Crippen molar-refractivity contribution in [1.82, 2.24) is 0 Å². The van der Waals surface area contributed by atoms with Crippen LogP contribution in [0, 0.1) is 24.2 Å². The molecule has 1 aromatic carbocycles. The van der Waals surface area contributed by atoms with Gasteiger partial charge in [-0.2, -0.15) is 0 Å². The molecule has 27 heavy (non-hydrogen) atoms. The number of carbonyl (C=O) groups is 1. The van der Waals surface area contributed by atoms with Crippen LogP contribution in [0.15, 0.2) is 24.3 Å². The summed E-state index contributed by atoms with van der Waals surface area (Å²) in [7, 11) is 0. The molecule has 0 radical (unpaired) electrons. The van der Waals surface area contributed by atoms with Crippen LogP contribution < -0.4 is 0 Å². The molecule has 1 nitrogen and oxygen atoms in total. The molecule has 1 unspecified atom stereocenters. The summed E-state index contributed by atoms with van der Waals surface area (Å²) in [6.07, 6.45) is 6.86. The Labute approximate surface area is 163 Å². The summed E-state index contributed by atoms with van der Waals surface area (Å²) in [6, 6.07) is 8.66. The predicted molar refractivity (Wildman–Crippen MR) is 108 cm³/mol. The second kappa shape index (κ2) is 10.3. The summed E-state index contributed by atoms with van der Waals surface area (Å²) < 4.78 is 24.2. The fourth-order valence-corrected chi connectivity index (χ4v) is 4.67. The highest BCUT2D eigenvalue weighted by molar-refractivity contribution is 5.88. The summed E-state index contributed by atoms with van der Waals surface area (Å²) >= 11 is 0. The molecular formula is C24H36F2O. The maximum absolute atomic E-state index is 12.2. The minimum Gasteiger partial charge on any atom is -0.299 e. The Morgan fingerprint density at radius 3 is 2.15 bits per heavy atom. The normalized spacial score (nSPS) is 27.7. The molecule has 1 aromatic rings. The van der Waals surface area contributed by atoms with Crippen molar-refractivity contribution in [3.8, 4) is 0 Å². The Morgan fingerprint density at radius 2 is 1.67 bits per heavy atom. The average Bonchev–Trinajstić information content (AvgIpc) is 2.93. The van der Waals surface area contributed by atoms with Crippen molar-refractivity contribution in [3.63, 3.8) is 0 Å². The number of aryl methyl sites for hydroxylation is 2. The second-order valence-electron chi connectivity index (χ2n) is 8.69. The molecule has 0 saturated heterocycles. The molecule has 1 spiro atoms. The highest BCUT2D eigenvalue weighted by atomic mass is 19.3. The van der Waals surface area contributed by atoms with Gasteiger partial charge >= 0.3 is 0 Å². The Bertz CT molecular complexity index is 571. The van der Waals surface area contributed by atoms with Gasteiger partial charge in [-0.25, -0.2) is 8.78 Å². The predicted octanol–water partition coefficient (Wildman–Crippen LogP) is 7.15. The Hall–Kier alpha value is -1.25. The Morgan fingerprint density at radius 1 is 1.07 bits per heavy atom. The zero-order valence-corrected chi connectivity index (χ0v) is 17.3. The van der Waals surface area contributed by atoms with Gasteiger partial charge in [0.05, 0.1) is 0 Å². The molecule has 0 aliphatic heterocycles. The molecule has 2 fully saturated rings. The summed E-state index contributed by atoms with van der Waals surface area (Å²) in [4.78, 5) is 12.2. The van der Waals surface area contributed by atoms with Crippen LogP contribution in [0.5, 0.6) is 0 Å². The Balaban J connectivity index is 0.000000244. The van der Waals surface area contributed by atoms with Crippen LogP contribution in [0.4, 0.5) is 8.78 Å². The van der Waals surface area contributed by atoms with Crippen LogP contribution in [0.25, 0.3) is 0 Å². The topological polar surface area (TPSA) is 17.1 Å². The van der Waals surface area contributed by atoms with Crippen LogP contribution in [-0.2, 0) is 11.2 Å². The molecular weight excluding hydrogens is 342 g/mol.